The second kappa shape index (κ2) is 15.2. The molecule has 1 aliphatic carbocycles. The molecule has 0 radical (unpaired) electrons. The van der Waals surface area contributed by atoms with Crippen molar-refractivity contribution < 1.29 is 32.7 Å². The fraction of sp³-hybridized carbons (Fsp3) is 0.706. The third-order valence-corrected chi connectivity index (χ3v) is 3.13. The minimum Gasteiger partial charge on any atom is -0.724 e. The highest BCUT2D eigenvalue weighted by atomic mass is 19.4. The van der Waals surface area contributed by atoms with Crippen LogP contribution in [0.25, 0.3) is 10.8 Å². The molecule has 0 saturated carbocycles. The Morgan fingerprint density at radius 3 is 1.77 bits per heavy atom. The summed E-state index contributed by atoms with van der Waals surface area (Å²) in [5.74, 6) is -0.772. The summed E-state index contributed by atoms with van der Waals surface area (Å²) < 4.78 is 37.2. The molecule has 1 aliphatic rings. The van der Waals surface area contributed by atoms with E-state index in [1.54, 1.807) is 0 Å². The Kier molecular flexibility index (Phi) is 16.8. The summed E-state index contributed by atoms with van der Waals surface area (Å²) in [6.07, 6.45) is 0.165. The number of unbranched alkanes of at least 4 members (excludes halogenated alkanes) is 2. The normalized spacial score (nSPS) is 15.0. The lowest BCUT2D eigenvalue weighted by atomic mass is 9.74. The van der Waals surface area contributed by atoms with Gasteiger partial charge in [-0.2, -0.15) is 13.2 Å². The highest BCUT2D eigenvalue weighted by Crippen LogP contribution is 2.42. The molecule has 0 aromatic heterocycles. The van der Waals surface area contributed by atoms with Gasteiger partial charge in [-0.25, -0.2) is 0 Å². The van der Waals surface area contributed by atoms with Gasteiger partial charge in [0.15, 0.2) is 5.78 Å². The molecule has 0 amide bonds. The third-order valence-electron chi connectivity index (χ3n) is 3.13. The molecule has 6 nitrogen and oxygen atoms in total. The van der Waals surface area contributed by atoms with Crippen LogP contribution >= 0.6 is 0 Å². The van der Waals surface area contributed by atoms with Crippen molar-refractivity contribution in [1.82, 2.24) is 0 Å². The van der Waals surface area contributed by atoms with E-state index in [9.17, 15) is 18.0 Å². The highest BCUT2D eigenvalue weighted by Gasteiger charge is 2.44. The van der Waals surface area contributed by atoms with Gasteiger partial charge in [0.05, 0.1) is 5.57 Å². The summed E-state index contributed by atoms with van der Waals surface area (Å²) in [7, 11) is 0. The molecule has 0 aromatic carbocycles. The Labute approximate surface area is 151 Å². The Balaban J connectivity index is -0.000000366. The van der Waals surface area contributed by atoms with Crippen LogP contribution in [-0.2, 0) is 14.4 Å². The molecule has 150 valence electrons. The second-order valence-electron chi connectivity index (χ2n) is 6.21. The molecule has 0 fully saturated rings. The van der Waals surface area contributed by atoms with Crippen LogP contribution in [0.1, 0.15) is 59.8 Å². The van der Waals surface area contributed by atoms with E-state index in [-0.39, 0.29) is 17.4 Å². The van der Waals surface area contributed by atoms with Crippen molar-refractivity contribution in [2.75, 3.05) is 6.61 Å². The molecule has 0 aromatic rings. The maximum absolute atomic E-state index is 12.4. The van der Waals surface area contributed by atoms with E-state index in [0.717, 1.165) is 12.8 Å². The smallest absolute Gasteiger partial charge is 0.419 e. The van der Waals surface area contributed by atoms with Crippen LogP contribution in [0.4, 0.5) is 13.2 Å². The van der Waals surface area contributed by atoms with Crippen LogP contribution in [0.5, 0.6) is 0 Å². The second-order valence-corrected chi connectivity index (χ2v) is 6.21. The molecular weight excluding hydrogens is 353 g/mol. The number of nitrogens with zero attached hydrogens (tertiary/aromatic N) is 2. The van der Waals surface area contributed by atoms with Crippen molar-refractivity contribution in [3.8, 4) is 0 Å². The Morgan fingerprint density at radius 2 is 1.54 bits per heavy atom. The highest BCUT2D eigenvalue weighted by molar-refractivity contribution is 5.98. The number of hydrogen-bond acceptors (Lipinski definition) is 4. The van der Waals surface area contributed by atoms with Crippen molar-refractivity contribution in [1.29, 1.82) is 0 Å². The fourth-order valence-corrected chi connectivity index (χ4v) is 2.39. The average molecular weight is 378 g/mol. The van der Waals surface area contributed by atoms with E-state index in [1.165, 1.54) is 13.3 Å². The van der Waals surface area contributed by atoms with Crippen LogP contribution in [-0.4, -0.2) is 35.8 Å². The van der Waals surface area contributed by atoms with Crippen LogP contribution in [0.2, 0.25) is 0 Å². The van der Waals surface area contributed by atoms with Gasteiger partial charge in [0.1, 0.15) is 0 Å². The third kappa shape index (κ3) is 15.4. The quantitative estimate of drug-likeness (QED) is 0.450. The maximum Gasteiger partial charge on any atom is 0.419 e. The number of carbonyl (C=O) groups is 1. The summed E-state index contributed by atoms with van der Waals surface area (Å²) in [4.78, 5) is 27.8. The van der Waals surface area contributed by atoms with Crippen molar-refractivity contribution in [3.05, 3.63) is 22.0 Å². The topological polar surface area (TPSA) is 116 Å². The summed E-state index contributed by atoms with van der Waals surface area (Å²) in [5, 5.41) is 21.7. The van der Waals surface area contributed by atoms with E-state index in [2.05, 4.69) is 6.92 Å². The summed E-state index contributed by atoms with van der Waals surface area (Å²) in [6.45, 7) is 7.48. The van der Waals surface area contributed by atoms with Gasteiger partial charge in [-0.1, -0.05) is 39.2 Å². The van der Waals surface area contributed by atoms with Gasteiger partial charge in [0.25, 0.3) is 0 Å². The van der Waals surface area contributed by atoms with Gasteiger partial charge >= 0.3 is 6.18 Å². The van der Waals surface area contributed by atoms with Gasteiger partial charge in [0, 0.05) is 13.0 Å². The van der Waals surface area contributed by atoms with Crippen molar-refractivity contribution in [3.63, 3.8) is 0 Å². The SMILES string of the molecule is CC1=C(C(F)(F)F)C(=O)CC(C)(C)C1.CCCCCO.[N-]=C=O.[N-]=C=O. The van der Waals surface area contributed by atoms with Crippen LogP contribution in [0.15, 0.2) is 11.1 Å². The largest absolute Gasteiger partial charge is 0.724 e. The molecule has 0 unspecified atom stereocenters. The Hall–Kier alpha value is -2.08. The van der Waals surface area contributed by atoms with E-state index >= 15 is 0 Å². The Morgan fingerprint density at radius 1 is 1.12 bits per heavy atom. The molecule has 0 saturated heterocycles. The minimum atomic E-state index is -4.49. The number of isocyanates is 2. The van der Waals surface area contributed by atoms with Gasteiger partial charge in [-0.05, 0) is 37.3 Å². The number of Topliss-reactive ketones (excluding diaryl/α,β-unsaturated/α-hetero) is 1. The molecule has 0 aliphatic heterocycles. The molecular formula is C17H25F3N2O4-2. The van der Waals surface area contributed by atoms with Gasteiger partial charge in [0.2, 0.25) is 0 Å². The number of halogens is 3. The molecule has 0 spiro atoms. The monoisotopic (exact) mass is 378 g/mol. The number of alkyl halides is 3. The van der Waals surface area contributed by atoms with Gasteiger partial charge in [-0.15, -0.1) is 0 Å². The average Bonchev–Trinajstić information content (AvgIpc) is 2.43. The van der Waals surface area contributed by atoms with Crippen molar-refractivity contribution >= 4 is 17.9 Å². The predicted molar refractivity (Wildman–Crippen MR) is 91.5 cm³/mol. The van der Waals surface area contributed by atoms with Crippen molar-refractivity contribution in [2.45, 2.75) is 66.0 Å². The first kappa shape index (κ1) is 28.7. The zero-order chi connectivity index (χ0) is 21.4. The van der Waals surface area contributed by atoms with Gasteiger partial charge < -0.3 is 15.9 Å². The Bertz CT molecular complexity index is 499. The number of ketones is 1. The zero-order valence-corrected chi connectivity index (χ0v) is 15.4. The lowest BCUT2D eigenvalue weighted by molar-refractivity contribution is -0.132. The van der Waals surface area contributed by atoms with Crippen LogP contribution in [0, 0.1) is 5.41 Å². The standard InChI is InChI=1S/C10H13F3O.C5H12O.2CNO/c1-6-4-9(2,3)5-7(14)8(6)10(11,12)13;1-2-3-4-5-6;2*2-1-3/h4-5H2,1-3H3;6H,2-5H2,1H3;;/q;;2*-1. The van der Waals surface area contributed by atoms with Gasteiger partial charge in [-0.3, -0.25) is 14.4 Å². The number of aliphatic hydroxyl groups is 1. The number of allylic oxidation sites excluding steroid dienone is 2. The first-order chi connectivity index (χ1) is 11.9. The van der Waals surface area contributed by atoms with E-state index in [1.807, 2.05) is 13.8 Å². The minimum absolute atomic E-state index is 0.0147. The van der Waals surface area contributed by atoms with E-state index in [0.29, 0.717) is 25.2 Å². The number of hydrogen-bond donors (Lipinski definition) is 1. The lowest BCUT2D eigenvalue weighted by Crippen LogP contribution is -2.31. The molecule has 0 heterocycles. The summed E-state index contributed by atoms with van der Waals surface area (Å²) in [6, 6.07) is 0. The summed E-state index contributed by atoms with van der Waals surface area (Å²) >= 11 is 0. The lowest BCUT2D eigenvalue weighted by Gasteiger charge is -2.31. The number of carbonyl (C=O) groups excluding carboxylic acids is 3. The van der Waals surface area contributed by atoms with Crippen LogP contribution < -0.4 is 0 Å². The number of aliphatic hydroxyl groups excluding tert-OH is 1. The predicted octanol–water partition coefficient (Wildman–Crippen LogP) is 4.21. The molecule has 26 heavy (non-hydrogen) atoms. The fourth-order valence-electron chi connectivity index (χ4n) is 2.39. The molecule has 1 rings (SSSR count). The zero-order valence-electron chi connectivity index (χ0n) is 15.4. The summed E-state index contributed by atoms with van der Waals surface area (Å²) in [5.41, 5.74) is -1.11. The molecule has 0 atom stereocenters. The van der Waals surface area contributed by atoms with E-state index < -0.39 is 17.5 Å². The van der Waals surface area contributed by atoms with Crippen molar-refractivity contribution in [2.24, 2.45) is 5.41 Å². The molecule has 0 bridgehead atoms. The molecule has 9 heteroatoms. The molecule has 1 N–H and O–H groups in total. The number of rotatable bonds is 3. The maximum atomic E-state index is 12.4. The first-order valence-corrected chi connectivity index (χ1v) is 7.81. The van der Waals surface area contributed by atoms with E-state index in [4.69, 9.17) is 25.5 Å². The first-order valence-electron chi connectivity index (χ1n) is 7.81. The van der Waals surface area contributed by atoms with Crippen LogP contribution in [0.3, 0.4) is 0 Å².